The molecule has 8 heteroatoms. The fourth-order valence-electron chi connectivity index (χ4n) is 2.27. The van der Waals surface area contributed by atoms with Crippen molar-refractivity contribution in [3.8, 4) is 5.75 Å². The second-order valence-electron chi connectivity index (χ2n) is 5.13. The van der Waals surface area contributed by atoms with Crippen molar-refractivity contribution in [3.05, 3.63) is 48.0 Å². The lowest BCUT2D eigenvalue weighted by molar-refractivity contribution is 0.311. The number of hydrogen-bond acceptors (Lipinski definition) is 4. The summed E-state index contributed by atoms with van der Waals surface area (Å²) in [6, 6.07) is 7.03. The van der Waals surface area contributed by atoms with Gasteiger partial charge < -0.3 is 9.64 Å². The smallest absolute Gasteiger partial charge is 0.262 e. The summed E-state index contributed by atoms with van der Waals surface area (Å²) in [6.07, 6.45) is 0. The Morgan fingerprint density at radius 3 is 2.70 bits per heavy atom. The minimum absolute atomic E-state index is 0.0303. The molecule has 0 spiro atoms. The van der Waals surface area contributed by atoms with Crippen LogP contribution in [0.15, 0.2) is 41.3 Å². The van der Waals surface area contributed by atoms with E-state index < -0.39 is 21.7 Å². The quantitative estimate of drug-likeness (QED) is 0.933. The maximum Gasteiger partial charge on any atom is 0.262 e. The van der Waals surface area contributed by atoms with Gasteiger partial charge in [0.2, 0.25) is 0 Å². The number of ether oxygens (including phenoxy) is 1. The molecule has 0 atom stereocenters. The zero-order chi connectivity index (χ0) is 16.6. The van der Waals surface area contributed by atoms with Gasteiger partial charge in [0.05, 0.1) is 22.8 Å². The summed E-state index contributed by atoms with van der Waals surface area (Å²) < 4.78 is 58.9. The molecule has 0 saturated heterocycles. The first kappa shape index (κ1) is 15.5. The van der Waals surface area contributed by atoms with Crippen molar-refractivity contribution in [2.24, 2.45) is 0 Å². The summed E-state index contributed by atoms with van der Waals surface area (Å²) in [5, 5.41) is 0. The Labute approximate surface area is 132 Å². The second kappa shape index (κ2) is 5.69. The molecule has 122 valence electrons. The zero-order valence-corrected chi connectivity index (χ0v) is 13.0. The van der Waals surface area contributed by atoms with Gasteiger partial charge in [-0.15, -0.1) is 0 Å². The first-order valence-corrected chi connectivity index (χ1v) is 8.31. The number of fused-ring (bicyclic) bond motifs is 1. The van der Waals surface area contributed by atoms with Crippen molar-refractivity contribution in [1.82, 2.24) is 0 Å². The van der Waals surface area contributed by atoms with Crippen LogP contribution in [0.2, 0.25) is 0 Å². The molecule has 0 unspecified atom stereocenters. The Morgan fingerprint density at radius 1 is 1.17 bits per heavy atom. The van der Waals surface area contributed by atoms with Crippen LogP contribution in [0, 0.1) is 11.6 Å². The summed E-state index contributed by atoms with van der Waals surface area (Å²) in [4.78, 5) is 1.84. The second-order valence-corrected chi connectivity index (χ2v) is 6.81. The Morgan fingerprint density at radius 2 is 1.96 bits per heavy atom. The molecule has 2 aromatic rings. The third kappa shape index (κ3) is 3.07. The van der Waals surface area contributed by atoms with Crippen molar-refractivity contribution >= 4 is 21.4 Å². The molecule has 1 aliphatic rings. The summed E-state index contributed by atoms with van der Waals surface area (Å²) >= 11 is 0. The van der Waals surface area contributed by atoms with Crippen LogP contribution in [-0.4, -0.2) is 28.6 Å². The van der Waals surface area contributed by atoms with E-state index in [9.17, 15) is 17.2 Å². The minimum Gasteiger partial charge on any atom is -0.490 e. The highest BCUT2D eigenvalue weighted by Gasteiger charge is 2.21. The fraction of sp³-hybridized carbons (Fsp3) is 0.200. The van der Waals surface area contributed by atoms with Gasteiger partial charge in [0.1, 0.15) is 24.0 Å². The maximum atomic E-state index is 13.6. The highest BCUT2D eigenvalue weighted by atomic mass is 32.2. The van der Waals surface area contributed by atoms with E-state index in [0.717, 1.165) is 12.1 Å². The van der Waals surface area contributed by atoms with Crippen LogP contribution in [0.4, 0.5) is 20.2 Å². The van der Waals surface area contributed by atoms with Gasteiger partial charge in [-0.1, -0.05) is 0 Å². The van der Waals surface area contributed by atoms with Gasteiger partial charge in [0.15, 0.2) is 0 Å². The van der Waals surface area contributed by atoms with Gasteiger partial charge in [-0.05, 0) is 30.3 Å². The van der Waals surface area contributed by atoms with Crippen molar-refractivity contribution in [2.45, 2.75) is 4.90 Å². The van der Waals surface area contributed by atoms with Gasteiger partial charge in [0.25, 0.3) is 10.0 Å². The topological polar surface area (TPSA) is 58.6 Å². The largest absolute Gasteiger partial charge is 0.490 e. The van der Waals surface area contributed by atoms with Crippen LogP contribution in [0.5, 0.6) is 5.75 Å². The molecule has 0 aromatic heterocycles. The standard InChI is InChI=1S/C15H14F2N2O3S/c1-19-6-7-22-15-5-3-11(9-14(15)19)23(20,21)18-13-4-2-10(16)8-12(13)17/h2-5,8-9,18H,6-7H2,1H3. The fourth-order valence-corrected chi connectivity index (χ4v) is 3.36. The molecule has 0 saturated carbocycles. The van der Waals surface area contributed by atoms with E-state index in [-0.39, 0.29) is 10.6 Å². The first-order chi connectivity index (χ1) is 10.9. The van der Waals surface area contributed by atoms with Crippen LogP contribution in [0.25, 0.3) is 0 Å². The van der Waals surface area contributed by atoms with Crippen LogP contribution < -0.4 is 14.4 Å². The molecule has 0 bridgehead atoms. The Balaban J connectivity index is 1.95. The highest BCUT2D eigenvalue weighted by molar-refractivity contribution is 7.92. The lowest BCUT2D eigenvalue weighted by Gasteiger charge is -2.28. The molecular weight excluding hydrogens is 326 g/mol. The van der Waals surface area contributed by atoms with E-state index in [1.54, 1.807) is 6.07 Å². The Bertz CT molecular complexity index is 856. The number of likely N-dealkylation sites (N-methyl/N-ethyl adjacent to an activating group) is 1. The summed E-state index contributed by atoms with van der Waals surface area (Å²) in [5.41, 5.74) is 0.326. The molecule has 5 nitrogen and oxygen atoms in total. The van der Waals surface area contributed by atoms with Crippen LogP contribution in [0.1, 0.15) is 0 Å². The van der Waals surface area contributed by atoms with Gasteiger partial charge in [-0.2, -0.15) is 0 Å². The average Bonchev–Trinajstić information content (AvgIpc) is 2.50. The van der Waals surface area contributed by atoms with Crippen molar-refractivity contribution in [1.29, 1.82) is 0 Å². The molecular formula is C15H14F2N2O3S. The molecule has 1 N–H and O–H groups in total. The molecule has 0 aliphatic carbocycles. The van der Waals surface area contributed by atoms with Crippen molar-refractivity contribution < 1.29 is 21.9 Å². The SMILES string of the molecule is CN1CCOc2ccc(S(=O)(=O)Nc3ccc(F)cc3F)cc21. The summed E-state index contributed by atoms with van der Waals surface area (Å²) in [7, 11) is -2.18. The number of anilines is 2. The monoisotopic (exact) mass is 340 g/mol. The van der Waals surface area contributed by atoms with Crippen LogP contribution in [-0.2, 0) is 10.0 Å². The summed E-state index contributed by atoms with van der Waals surface area (Å²) in [6.45, 7) is 1.16. The minimum atomic E-state index is -4.00. The molecule has 3 rings (SSSR count). The van der Waals surface area contributed by atoms with Gasteiger partial charge >= 0.3 is 0 Å². The number of nitrogens with one attached hydrogen (secondary N) is 1. The van der Waals surface area contributed by atoms with Crippen LogP contribution in [0.3, 0.4) is 0 Å². The van der Waals surface area contributed by atoms with Gasteiger partial charge in [0, 0.05) is 13.1 Å². The number of hydrogen-bond donors (Lipinski definition) is 1. The average molecular weight is 340 g/mol. The van der Waals surface area contributed by atoms with E-state index in [1.165, 1.54) is 12.1 Å². The normalized spacial score (nSPS) is 14.1. The number of benzene rings is 2. The molecule has 2 aromatic carbocycles. The Hall–Kier alpha value is -2.35. The first-order valence-electron chi connectivity index (χ1n) is 6.83. The maximum absolute atomic E-state index is 13.6. The van der Waals surface area contributed by atoms with Crippen molar-refractivity contribution in [2.75, 3.05) is 29.8 Å². The number of halogens is 2. The van der Waals surface area contributed by atoms with E-state index in [2.05, 4.69) is 4.72 Å². The van der Waals surface area contributed by atoms with Crippen LogP contribution >= 0.6 is 0 Å². The third-order valence-electron chi connectivity index (χ3n) is 3.51. The number of nitrogens with zero attached hydrogens (tertiary/aromatic N) is 1. The van der Waals surface area contributed by atoms with Gasteiger partial charge in [-0.3, -0.25) is 4.72 Å². The zero-order valence-electron chi connectivity index (χ0n) is 12.2. The highest BCUT2D eigenvalue weighted by Crippen LogP contribution is 2.33. The molecule has 23 heavy (non-hydrogen) atoms. The molecule has 0 amide bonds. The molecule has 0 fully saturated rings. The number of rotatable bonds is 3. The summed E-state index contributed by atoms with van der Waals surface area (Å²) in [5.74, 6) is -1.17. The lowest BCUT2D eigenvalue weighted by Crippen LogP contribution is -2.29. The van der Waals surface area contributed by atoms with E-state index in [4.69, 9.17) is 4.74 Å². The van der Waals surface area contributed by atoms with E-state index in [0.29, 0.717) is 30.7 Å². The number of sulfonamides is 1. The van der Waals surface area contributed by atoms with Crippen molar-refractivity contribution in [3.63, 3.8) is 0 Å². The van der Waals surface area contributed by atoms with E-state index in [1.807, 2.05) is 11.9 Å². The van der Waals surface area contributed by atoms with E-state index >= 15 is 0 Å². The molecule has 1 aliphatic heterocycles. The predicted molar refractivity (Wildman–Crippen MR) is 82.4 cm³/mol. The third-order valence-corrected chi connectivity index (χ3v) is 4.87. The molecule has 1 heterocycles. The Kier molecular flexibility index (Phi) is 3.85. The predicted octanol–water partition coefficient (Wildman–Crippen LogP) is 2.59. The van der Waals surface area contributed by atoms with Gasteiger partial charge in [-0.25, -0.2) is 17.2 Å². The lowest BCUT2D eigenvalue weighted by atomic mass is 10.2. The molecule has 0 radical (unpaired) electrons.